The standard InChI is InChI=1S/C16H14BrClN2O/c1-10(21)19-20-15-7-6-12(18)8-11(15)9-16(20)13-4-2-3-5-14(13)17/h2-8,16H,9H2,1H3,(H,19,21). The Hall–Kier alpha value is -1.52. The minimum absolute atomic E-state index is 0.0536. The van der Waals surface area contributed by atoms with Gasteiger partial charge >= 0.3 is 0 Å². The van der Waals surface area contributed by atoms with Crippen LogP contribution in [0.2, 0.25) is 5.02 Å². The van der Waals surface area contributed by atoms with Crippen molar-refractivity contribution in [2.24, 2.45) is 0 Å². The predicted octanol–water partition coefficient (Wildman–Crippen LogP) is 4.26. The maximum absolute atomic E-state index is 11.5. The fourth-order valence-electron chi connectivity index (χ4n) is 2.72. The summed E-state index contributed by atoms with van der Waals surface area (Å²) in [6.45, 7) is 1.52. The van der Waals surface area contributed by atoms with Crippen molar-refractivity contribution in [2.45, 2.75) is 19.4 Å². The van der Waals surface area contributed by atoms with Gasteiger partial charge in [-0.3, -0.25) is 15.2 Å². The molecule has 1 aliphatic rings. The molecule has 2 aromatic rings. The van der Waals surface area contributed by atoms with Gasteiger partial charge in [-0.15, -0.1) is 0 Å². The Labute approximate surface area is 137 Å². The van der Waals surface area contributed by atoms with Crippen LogP contribution in [0.1, 0.15) is 24.1 Å². The van der Waals surface area contributed by atoms with Crippen LogP contribution >= 0.6 is 27.5 Å². The molecule has 3 nitrogen and oxygen atoms in total. The molecule has 0 saturated heterocycles. The molecule has 0 aromatic heterocycles. The lowest BCUT2D eigenvalue weighted by Gasteiger charge is -2.28. The number of nitrogens with one attached hydrogen (secondary N) is 1. The van der Waals surface area contributed by atoms with E-state index < -0.39 is 0 Å². The molecule has 21 heavy (non-hydrogen) atoms. The van der Waals surface area contributed by atoms with Crippen LogP contribution in [-0.2, 0) is 11.2 Å². The lowest BCUT2D eigenvalue weighted by atomic mass is 10.0. The van der Waals surface area contributed by atoms with Crippen molar-refractivity contribution in [1.82, 2.24) is 5.43 Å². The third-order valence-corrected chi connectivity index (χ3v) is 4.53. The molecule has 5 heteroatoms. The molecule has 0 fully saturated rings. The summed E-state index contributed by atoms with van der Waals surface area (Å²) in [5.41, 5.74) is 6.19. The highest BCUT2D eigenvalue weighted by Gasteiger charge is 2.32. The maximum Gasteiger partial charge on any atom is 0.235 e. The van der Waals surface area contributed by atoms with Crippen LogP contribution in [0.15, 0.2) is 46.9 Å². The molecule has 1 amide bonds. The van der Waals surface area contributed by atoms with Crippen molar-refractivity contribution >= 4 is 39.1 Å². The van der Waals surface area contributed by atoms with Gasteiger partial charge in [0.05, 0.1) is 11.7 Å². The minimum atomic E-state index is -0.0881. The van der Waals surface area contributed by atoms with Crippen molar-refractivity contribution in [1.29, 1.82) is 0 Å². The van der Waals surface area contributed by atoms with Crippen LogP contribution in [0, 0.1) is 0 Å². The zero-order valence-corrected chi connectivity index (χ0v) is 13.8. The maximum atomic E-state index is 11.5. The quantitative estimate of drug-likeness (QED) is 0.862. The van der Waals surface area contributed by atoms with Gasteiger partial charge in [0.2, 0.25) is 5.91 Å². The minimum Gasteiger partial charge on any atom is -0.277 e. The van der Waals surface area contributed by atoms with Crippen LogP contribution in [0.25, 0.3) is 0 Å². The number of rotatable bonds is 2. The normalized spacial score (nSPS) is 16.7. The molecule has 2 aromatic carbocycles. The highest BCUT2D eigenvalue weighted by Crippen LogP contribution is 2.41. The molecule has 1 atom stereocenters. The van der Waals surface area contributed by atoms with E-state index in [-0.39, 0.29) is 11.9 Å². The Kier molecular flexibility index (Phi) is 3.91. The Balaban J connectivity index is 2.05. The summed E-state index contributed by atoms with van der Waals surface area (Å²) in [6, 6.07) is 13.9. The Morgan fingerprint density at radius 1 is 1.33 bits per heavy atom. The number of amides is 1. The Bertz CT molecular complexity index is 704. The van der Waals surface area contributed by atoms with Crippen LogP contribution in [0.5, 0.6) is 0 Å². The molecule has 0 spiro atoms. The SMILES string of the molecule is CC(=O)NN1c2ccc(Cl)cc2CC1c1ccccc1Br. The summed E-state index contributed by atoms with van der Waals surface area (Å²) in [5, 5.41) is 2.64. The van der Waals surface area contributed by atoms with Crippen molar-refractivity contribution in [3.8, 4) is 0 Å². The first-order chi connectivity index (χ1) is 10.1. The second kappa shape index (κ2) is 5.70. The number of carbonyl (C=O) groups is 1. The number of carbonyl (C=O) groups excluding carboxylic acids is 1. The number of hydrogen-bond donors (Lipinski definition) is 1. The monoisotopic (exact) mass is 364 g/mol. The first kappa shape index (κ1) is 14.4. The van der Waals surface area contributed by atoms with Crippen LogP contribution in [0.4, 0.5) is 5.69 Å². The van der Waals surface area contributed by atoms with E-state index in [9.17, 15) is 4.79 Å². The average Bonchev–Trinajstić information content (AvgIpc) is 2.76. The summed E-state index contributed by atoms with van der Waals surface area (Å²) in [7, 11) is 0. The van der Waals surface area contributed by atoms with E-state index >= 15 is 0 Å². The third-order valence-electron chi connectivity index (χ3n) is 3.57. The van der Waals surface area contributed by atoms with E-state index in [1.807, 2.05) is 41.4 Å². The zero-order chi connectivity index (χ0) is 15.0. The molecule has 1 heterocycles. The number of anilines is 1. The van der Waals surface area contributed by atoms with Crippen LogP contribution < -0.4 is 10.4 Å². The predicted molar refractivity (Wildman–Crippen MR) is 88.3 cm³/mol. The molecule has 1 unspecified atom stereocenters. The lowest BCUT2D eigenvalue weighted by molar-refractivity contribution is -0.119. The topological polar surface area (TPSA) is 32.3 Å². The summed E-state index contributed by atoms with van der Waals surface area (Å²) in [4.78, 5) is 11.5. The van der Waals surface area contributed by atoms with Gasteiger partial charge in [-0.25, -0.2) is 0 Å². The summed E-state index contributed by atoms with van der Waals surface area (Å²) in [6.07, 6.45) is 0.804. The Morgan fingerprint density at radius 3 is 2.81 bits per heavy atom. The highest BCUT2D eigenvalue weighted by atomic mass is 79.9. The Morgan fingerprint density at radius 2 is 2.10 bits per heavy atom. The second-order valence-corrected chi connectivity index (χ2v) is 6.34. The van der Waals surface area contributed by atoms with E-state index in [1.54, 1.807) is 0 Å². The van der Waals surface area contributed by atoms with Gasteiger partial charge in [0.1, 0.15) is 0 Å². The summed E-state index contributed by atoms with van der Waals surface area (Å²) in [5.74, 6) is -0.0881. The van der Waals surface area contributed by atoms with E-state index in [0.29, 0.717) is 5.02 Å². The van der Waals surface area contributed by atoms with E-state index in [2.05, 4.69) is 27.4 Å². The third kappa shape index (κ3) is 2.78. The summed E-state index contributed by atoms with van der Waals surface area (Å²) < 4.78 is 1.03. The van der Waals surface area contributed by atoms with Gasteiger partial charge in [-0.2, -0.15) is 0 Å². The second-order valence-electron chi connectivity index (χ2n) is 5.05. The molecule has 1 N–H and O–H groups in total. The smallest absolute Gasteiger partial charge is 0.235 e. The zero-order valence-electron chi connectivity index (χ0n) is 11.4. The first-order valence-corrected chi connectivity index (χ1v) is 7.82. The van der Waals surface area contributed by atoms with E-state index in [4.69, 9.17) is 11.6 Å². The molecule has 0 radical (unpaired) electrons. The van der Waals surface area contributed by atoms with Gasteiger partial charge in [0.25, 0.3) is 0 Å². The molecular formula is C16H14BrClN2O. The molecular weight excluding hydrogens is 352 g/mol. The van der Waals surface area contributed by atoms with Crippen molar-refractivity contribution in [3.05, 3.63) is 63.1 Å². The number of hydrazine groups is 1. The fourth-order valence-corrected chi connectivity index (χ4v) is 3.47. The van der Waals surface area contributed by atoms with Gasteiger partial charge in [0, 0.05) is 22.8 Å². The van der Waals surface area contributed by atoms with Gasteiger partial charge in [-0.1, -0.05) is 45.7 Å². The first-order valence-electron chi connectivity index (χ1n) is 6.65. The molecule has 108 valence electrons. The van der Waals surface area contributed by atoms with E-state index in [1.165, 1.54) is 6.92 Å². The summed E-state index contributed by atoms with van der Waals surface area (Å²) >= 11 is 9.68. The largest absolute Gasteiger partial charge is 0.277 e. The number of nitrogens with zero attached hydrogens (tertiary/aromatic N) is 1. The van der Waals surface area contributed by atoms with Gasteiger partial charge < -0.3 is 0 Å². The number of halogens is 2. The number of fused-ring (bicyclic) bond motifs is 1. The van der Waals surface area contributed by atoms with Gasteiger partial charge in [0.15, 0.2) is 0 Å². The van der Waals surface area contributed by atoms with Gasteiger partial charge in [-0.05, 0) is 35.4 Å². The fraction of sp³-hybridized carbons (Fsp3) is 0.188. The molecule has 0 bridgehead atoms. The number of hydrogen-bond acceptors (Lipinski definition) is 2. The van der Waals surface area contributed by atoms with Crippen LogP contribution in [0.3, 0.4) is 0 Å². The van der Waals surface area contributed by atoms with Crippen molar-refractivity contribution < 1.29 is 4.79 Å². The van der Waals surface area contributed by atoms with E-state index in [0.717, 1.165) is 27.7 Å². The van der Waals surface area contributed by atoms with Crippen LogP contribution in [-0.4, -0.2) is 5.91 Å². The molecule has 1 aliphatic heterocycles. The molecule has 3 rings (SSSR count). The molecule has 0 aliphatic carbocycles. The average molecular weight is 366 g/mol. The highest BCUT2D eigenvalue weighted by molar-refractivity contribution is 9.10. The number of benzene rings is 2. The lowest BCUT2D eigenvalue weighted by Crippen LogP contribution is -2.41. The van der Waals surface area contributed by atoms with Crippen molar-refractivity contribution in [2.75, 3.05) is 5.01 Å². The van der Waals surface area contributed by atoms with Crippen molar-refractivity contribution in [3.63, 3.8) is 0 Å². The molecule has 0 saturated carbocycles.